The molecule has 0 bridgehead atoms. The molecule has 1 aromatic carbocycles. The summed E-state index contributed by atoms with van der Waals surface area (Å²) in [5.74, 6) is 1.86. The molecule has 1 aliphatic rings. The van der Waals surface area contributed by atoms with Gasteiger partial charge in [-0.1, -0.05) is 37.6 Å². The molecule has 1 amide bonds. The number of carbonyl (C=O) groups is 1. The Kier molecular flexibility index (Phi) is 7.96. The summed E-state index contributed by atoms with van der Waals surface area (Å²) in [7, 11) is 1.60. The summed E-state index contributed by atoms with van der Waals surface area (Å²) in [6.45, 7) is 7.63. The Morgan fingerprint density at radius 2 is 2.10 bits per heavy atom. The van der Waals surface area contributed by atoms with E-state index in [1.165, 1.54) is 11.6 Å². The third-order valence-electron chi connectivity index (χ3n) is 6.14. The number of aromatic nitrogens is 2. The number of rotatable bonds is 9. The van der Waals surface area contributed by atoms with Gasteiger partial charge in [-0.05, 0) is 49.1 Å². The molecule has 0 saturated heterocycles. The molecule has 6 nitrogen and oxygen atoms in total. The number of allylic oxidation sites excluding steroid dienone is 1. The van der Waals surface area contributed by atoms with Crippen LogP contribution in [0.4, 0.5) is 4.39 Å². The van der Waals surface area contributed by atoms with Crippen molar-refractivity contribution in [3.63, 3.8) is 0 Å². The zero-order chi connectivity index (χ0) is 22.4. The van der Waals surface area contributed by atoms with E-state index < -0.39 is 0 Å². The minimum Gasteiger partial charge on any atom is -0.421 e. The van der Waals surface area contributed by atoms with Crippen molar-refractivity contribution in [1.29, 1.82) is 0 Å². The standard InChI is InChI=1S/C24H32FN3O3/c1-15(2)20-12-17(16(3)11-18(20)14-26-22(29)9-10-30-4)13-23-27-28-24(31-23)19-7-5-6-8-21(19)25/h5-8,11,15,17-18,20H,9-10,12-14H2,1-4H3,(H,26,29). The van der Waals surface area contributed by atoms with Gasteiger partial charge in [-0.15, -0.1) is 10.2 Å². The minimum absolute atomic E-state index is 0.0177. The van der Waals surface area contributed by atoms with E-state index in [0.29, 0.717) is 55.2 Å². The largest absolute Gasteiger partial charge is 0.421 e. The molecule has 3 unspecified atom stereocenters. The Hall–Kier alpha value is -2.54. The molecule has 0 saturated carbocycles. The van der Waals surface area contributed by atoms with E-state index in [0.717, 1.165) is 6.42 Å². The number of hydrogen-bond donors (Lipinski definition) is 1. The molecule has 0 radical (unpaired) electrons. The summed E-state index contributed by atoms with van der Waals surface area (Å²) >= 11 is 0. The second-order valence-electron chi connectivity index (χ2n) is 8.65. The van der Waals surface area contributed by atoms with Gasteiger partial charge >= 0.3 is 0 Å². The van der Waals surface area contributed by atoms with E-state index in [1.54, 1.807) is 25.3 Å². The summed E-state index contributed by atoms with van der Waals surface area (Å²) in [6.07, 6.45) is 4.27. The molecular weight excluding hydrogens is 397 g/mol. The first-order chi connectivity index (χ1) is 14.9. The second kappa shape index (κ2) is 10.7. The molecule has 0 spiro atoms. The van der Waals surface area contributed by atoms with Gasteiger partial charge in [0, 0.05) is 26.5 Å². The number of methoxy groups -OCH3 is 1. The normalized spacial score (nSPS) is 21.2. The Bertz CT molecular complexity index is 909. The van der Waals surface area contributed by atoms with Gasteiger partial charge in [0.2, 0.25) is 11.8 Å². The smallest absolute Gasteiger partial charge is 0.250 e. The number of carbonyl (C=O) groups excluding carboxylic acids is 1. The predicted octanol–water partition coefficient (Wildman–Crippen LogP) is 4.43. The molecule has 3 rings (SSSR count). The number of hydrogen-bond acceptors (Lipinski definition) is 5. The summed E-state index contributed by atoms with van der Waals surface area (Å²) < 4.78 is 24.8. The number of benzene rings is 1. The molecule has 0 aliphatic heterocycles. The number of amides is 1. The van der Waals surface area contributed by atoms with Gasteiger partial charge in [0.15, 0.2) is 0 Å². The maximum absolute atomic E-state index is 14.0. The molecule has 2 aromatic rings. The molecule has 7 heteroatoms. The van der Waals surface area contributed by atoms with Crippen LogP contribution in [0.2, 0.25) is 0 Å². The SMILES string of the molecule is COCCC(=O)NCC1C=C(C)C(Cc2nnc(-c3ccccc3F)o2)CC1C(C)C. The average molecular weight is 430 g/mol. The van der Waals surface area contributed by atoms with Gasteiger partial charge in [0.25, 0.3) is 5.89 Å². The van der Waals surface area contributed by atoms with Crippen LogP contribution in [-0.2, 0) is 16.0 Å². The van der Waals surface area contributed by atoms with E-state index >= 15 is 0 Å². The van der Waals surface area contributed by atoms with Crippen molar-refractivity contribution in [2.24, 2.45) is 23.7 Å². The van der Waals surface area contributed by atoms with Gasteiger partial charge < -0.3 is 14.5 Å². The quantitative estimate of drug-likeness (QED) is 0.597. The third kappa shape index (κ3) is 6.00. The van der Waals surface area contributed by atoms with Crippen LogP contribution in [0.3, 0.4) is 0 Å². The van der Waals surface area contributed by atoms with Crippen molar-refractivity contribution in [1.82, 2.24) is 15.5 Å². The lowest BCUT2D eigenvalue weighted by atomic mass is 9.70. The lowest BCUT2D eigenvalue weighted by Gasteiger charge is -2.37. The summed E-state index contributed by atoms with van der Waals surface area (Å²) in [5.41, 5.74) is 1.58. The number of nitrogens with zero attached hydrogens (tertiary/aromatic N) is 2. The molecule has 3 atom stereocenters. The number of ether oxygens (including phenoxy) is 1. The van der Waals surface area contributed by atoms with Crippen LogP contribution in [0.5, 0.6) is 0 Å². The Morgan fingerprint density at radius 1 is 1.32 bits per heavy atom. The van der Waals surface area contributed by atoms with Crippen molar-refractivity contribution in [3.8, 4) is 11.5 Å². The zero-order valence-corrected chi connectivity index (χ0v) is 18.7. The van der Waals surface area contributed by atoms with Crippen LogP contribution in [-0.4, -0.2) is 36.4 Å². The van der Waals surface area contributed by atoms with Gasteiger partial charge in [-0.3, -0.25) is 4.79 Å². The van der Waals surface area contributed by atoms with Gasteiger partial charge in [-0.2, -0.15) is 0 Å². The highest BCUT2D eigenvalue weighted by molar-refractivity contribution is 5.75. The molecule has 1 aromatic heterocycles. The lowest BCUT2D eigenvalue weighted by Crippen LogP contribution is -2.37. The van der Waals surface area contributed by atoms with E-state index in [4.69, 9.17) is 9.15 Å². The minimum atomic E-state index is -0.373. The number of nitrogens with one attached hydrogen (secondary N) is 1. The van der Waals surface area contributed by atoms with Crippen molar-refractivity contribution < 1.29 is 18.3 Å². The van der Waals surface area contributed by atoms with Crippen LogP contribution in [0, 0.1) is 29.5 Å². The van der Waals surface area contributed by atoms with Crippen LogP contribution in [0.25, 0.3) is 11.5 Å². The van der Waals surface area contributed by atoms with E-state index in [2.05, 4.69) is 42.4 Å². The summed E-state index contributed by atoms with van der Waals surface area (Å²) in [4.78, 5) is 12.0. The monoisotopic (exact) mass is 429 g/mol. The van der Waals surface area contributed by atoms with Crippen molar-refractivity contribution in [2.75, 3.05) is 20.3 Å². The highest BCUT2D eigenvalue weighted by atomic mass is 19.1. The fourth-order valence-electron chi connectivity index (χ4n) is 4.31. The van der Waals surface area contributed by atoms with Crippen LogP contribution in [0.15, 0.2) is 40.3 Å². The van der Waals surface area contributed by atoms with E-state index in [-0.39, 0.29) is 23.5 Å². The predicted molar refractivity (Wildman–Crippen MR) is 117 cm³/mol. The van der Waals surface area contributed by atoms with Crippen LogP contribution < -0.4 is 5.32 Å². The highest BCUT2D eigenvalue weighted by Crippen LogP contribution is 2.38. The second-order valence-corrected chi connectivity index (χ2v) is 8.65. The molecule has 168 valence electrons. The zero-order valence-electron chi connectivity index (χ0n) is 18.7. The molecule has 1 aliphatic carbocycles. The maximum atomic E-state index is 14.0. The molecule has 0 fully saturated rings. The van der Waals surface area contributed by atoms with Crippen molar-refractivity contribution in [3.05, 3.63) is 47.6 Å². The van der Waals surface area contributed by atoms with E-state index in [1.807, 2.05) is 0 Å². The van der Waals surface area contributed by atoms with Gasteiger partial charge in [-0.25, -0.2) is 4.39 Å². The first-order valence-electron chi connectivity index (χ1n) is 10.9. The van der Waals surface area contributed by atoms with Crippen molar-refractivity contribution >= 4 is 5.91 Å². The fourth-order valence-corrected chi connectivity index (χ4v) is 4.31. The number of halogens is 1. The Balaban J connectivity index is 1.68. The highest BCUT2D eigenvalue weighted by Gasteiger charge is 2.32. The lowest BCUT2D eigenvalue weighted by molar-refractivity contribution is -0.122. The van der Waals surface area contributed by atoms with Crippen molar-refractivity contribution in [2.45, 2.75) is 40.0 Å². The molecule has 1 N–H and O–H groups in total. The summed E-state index contributed by atoms with van der Waals surface area (Å²) in [6, 6.07) is 6.40. The first-order valence-corrected chi connectivity index (χ1v) is 10.9. The topological polar surface area (TPSA) is 77.2 Å². The molecular formula is C24H32FN3O3. The fraction of sp³-hybridized carbons (Fsp3) is 0.542. The Labute approximate surface area is 183 Å². The van der Waals surface area contributed by atoms with E-state index in [9.17, 15) is 9.18 Å². The van der Waals surface area contributed by atoms with Gasteiger partial charge in [0.05, 0.1) is 12.2 Å². The molecule has 31 heavy (non-hydrogen) atoms. The maximum Gasteiger partial charge on any atom is 0.250 e. The Morgan fingerprint density at radius 3 is 2.81 bits per heavy atom. The summed E-state index contributed by atoms with van der Waals surface area (Å²) in [5, 5.41) is 11.3. The van der Waals surface area contributed by atoms with Crippen LogP contribution >= 0.6 is 0 Å². The first kappa shape index (κ1) is 23.1. The third-order valence-corrected chi connectivity index (χ3v) is 6.14. The van der Waals surface area contributed by atoms with Gasteiger partial charge in [0.1, 0.15) is 5.82 Å². The average Bonchev–Trinajstić information content (AvgIpc) is 3.20. The van der Waals surface area contributed by atoms with Crippen LogP contribution in [0.1, 0.15) is 39.5 Å². The molecule has 1 heterocycles.